The molecule has 2 aliphatic rings. The average molecular weight is 297 g/mol. The summed E-state index contributed by atoms with van der Waals surface area (Å²) in [5.41, 5.74) is 5.23. The molecule has 0 aromatic carbocycles. The molecule has 5 nitrogen and oxygen atoms in total. The highest BCUT2D eigenvalue weighted by Gasteiger charge is 2.43. The first kappa shape index (κ1) is 16.7. The summed E-state index contributed by atoms with van der Waals surface area (Å²) in [6.45, 7) is 6.30. The summed E-state index contributed by atoms with van der Waals surface area (Å²) in [5.74, 6) is -0.187. The first-order valence-corrected chi connectivity index (χ1v) is 8.31. The quantitative estimate of drug-likeness (QED) is 0.802. The Bertz CT molecular complexity index is 353. The van der Waals surface area contributed by atoms with Gasteiger partial charge in [-0.05, 0) is 52.4 Å². The van der Waals surface area contributed by atoms with Crippen molar-refractivity contribution in [2.45, 2.75) is 76.1 Å². The molecule has 2 fully saturated rings. The zero-order valence-electron chi connectivity index (χ0n) is 13.7. The Hall–Kier alpha value is -0.650. The average Bonchev–Trinajstić information content (AvgIpc) is 2.47. The molecular weight excluding hydrogens is 266 g/mol. The van der Waals surface area contributed by atoms with Crippen molar-refractivity contribution in [3.63, 3.8) is 0 Å². The lowest BCUT2D eigenvalue weighted by Gasteiger charge is -2.46. The second-order valence-corrected chi connectivity index (χ2v) is 6.97. The molecule has 3 N–H and O–H groups in total. The third-order valence-electron chi connectivity index (χ3n) is 5.09. The number of carbonyl (C=O) groups excluding carboxylic acids is 1. The molecule has 0 bridgehead atoms. The first-order valence-electron chi connectivity index (χ1n) is 8.31. The van der Waals surface area contributed by atoms with Crippen LogP contribution in [0.15, 0.2) is 0 Å². The molecule has 1 saturated carbocycles. The van der Waals surface area contributed by atoms with Crippen molar-refractivity contribution in [2.75, 3.05) is 20.2 Å². The van der Waals surface area contributed by atoms with Crippen molar-refractivity contribution >= 4 is 5.91 Å². The molecule has 21 heavy (non-hydrogen) atoms. The Morgan fingerprint density at radius 3 is 2.52 bits per heavy atom. The van der Waals surface area contributed by atoms with E-state index < -0.39 is 5.54 Å². The van der Waals surface area contributed by atoms with E-state index in [1.165, 1.54) is 6.42 Å². The van der Waals surface area contributed by atoms with Gasteiger partial charge in [0.1, 0.15) is 0 Å². The van der Waals surface area contributed by atoms with Crippen LogP contribution in [0.5, 0.6) is 0 Å². The van der Waals surface area contributed by atoms with E-state index in [9.17, 15) is 4.79 Å². The molecule has 5 heteroatoms. The number of hydrogen-bond donors (Lipinski definition) is 2. The van der Waals surface area contributed by atoms with Crippen molar-refractivity contribution in [1.29, 1.82) is 0 Å². The maximum absolute atomic E-state index is 12.1. The lowest BCUT2D eigenvalue weighted by molar-refractivity contribution is -0.127. The van der Waals surface area contributed by atoms with Gasteiger partial charge in [0, 0.05) is 32.3 Å². The van der Waals surface area contributed by atoms with Crippen molar-refractivity contribution in [2.24, 2.45) is 5.73 Å². The Morgan fingerprint density at radius 1 is 1.33 bits per heavy atom. The van der Waals surface area contributed by atoms with Gasteiger partial charge in [-0.1, -0.05) is 0 Å². The monoisotopic (exact) mass is 297 g/mol. The number of piperidine rings is 1. The van der Waals surface area contributed by atoms with Crippen molar-refractivity contribution in [3.8, 4) is 0 Å². The standard InChI is InChI=1S/C16H31N3O2/c1-12(2)18-16(15(17)20)8-4-5-13(11-16)19-9-6-14(21-3)7-10-19/h12-14,18H,4-11H2,1-3H3,(H2,17,20). The Morgan fingerprint density at radius 2 is 2.00 bits per heavy atom. The van der Waals surface area contributed by atoms with E-state index in [2.05, 4.69) is 24.1 Å². The van der Waals surface area contributed by atoms with Gasteiger partial charge in [-0.25, -0.2) is 0 Å². The number of amides is 1. The molecule has 1 aliphatic carbocycles. The number of methoxy groups -OCH3 is 1. The summed E-state index contributed by atoms with van der Waals surface area (Å²) in [4.78, 5) is 14.6. The summed E-state index contributed by atoms with van der Waals surface area (Å²) < 4.78 is 5.45. The van der Waals surface area contributed by atoms with Gasteiger partial charge in [-0.3, -0.25) is 4.79 Å². The number of ether oxygens (including phenoxy) is 1. The predicted octanol–water partition coefficient (Wildman–Crippen LogP) is 1.26. The molecule has 1 aliphatic heterocycles. The number of rotatable bonds is 5. The molecule has 1 heterocycles. The maximum Gasteiger partial charge on any atom is 0.237 e. The van der Waals surface area contributed by atoms with Gasteiger partial charge < -0.3 is 20.7 Å². The van der Waals surface area contributed by atoms with E-state index in [4.69, 9.17) is 10.5 Å². The fourth-order valence-electron chi connectivity index (χ4n) is 4.01. The second kappa shape index (κ2) is 7.07. The van der Waals surface area contributed by atoms with Crippen LogP contribution in [0.25, 0.3) is 0 Å². The number of hydrogen-bond acceptors (Lipinski definition) is 4. The number of likely N-dealkylation sites (tertiary alicyclic amines) is 1. The maximum atomic E-state index is 12.1. The highest BCUT2D eigenvalue weighted by Crippen LogP contribution is 2.33. The molecule has 2 rings (SSSR count). The molecule has 1 amide bonds. The number of primary amides is 1. The van der Waals surface area contributed by atoms with Gasteiger partial charge in [-0.2, -0.15) is 0 Å². The number of nitrogens with two attached hydrogens (primary N) is 1. The smallest absolute Gasteiger partial charge is 0.237 e. The predicted molar refractivity (Wildman–Crippen MR) is 84.1 cm³/mol. The zero-order valence-corrected chi connectivity index (χ0v) is 13.7. The normalized spacial score (nSPS) is 32.5. The van der Waals surface area contributed by atoms with Crippen LogP contribution in [0.1, 0.15) is 52.4 Å². The number of carbonyl (C=O) groups is 1. The van der Waals surface area contributed by atoms with Gasteiger partial charge in [0.25, 0.3) is 0 Å². The Labute approximate surface area is 128 Å². The van der Waals surface area contributed by atoms with Crippen LogP contribution >= 0.6 is 0 Å². The molecule has 122 valence electrons. The summed E-state index contributed by atoms with van der Waals surface area (Å²) in [5, 5.41) is 3.46. The second-order valence-electron chi connectivity index (χ2n) is 6.97. The largest absolute Gasteiger partial charge is 0.381 e. The van der Waals surface area contributed by atoms with Crippen LogP contribution in [0.3, 0.4) is 0 Å². The van der Waals surface area contributed by atoms with Crippen LogP contribution in [-0.4, -0.2) is 54.7 Å². The van der Waals surface area contributed by atoms with E-state index in [0.29, 0.717) is 12.1 Å². The number of nitrogens with one attached hydrogen (secondary N) is 1. The third-order valence-corrected chi connectivity index (χ3v) is 5.09. The molecule has 0 radical (unpaired) electrons. The van der Waals surface area contributed by atoms with Crippen LogP contribution in [0.4, 0.5) is 0 Å². The van der Waals surface area contributed by atoms with E-state index in [0.717, 1.165) is 45.2 Å². The SMILES string of the molecule is COC1CCN(C2CCCC(NC(C)C)(C(N)=O)C2)CC1. The molecule has 1 saturated heterocycles. The van der Waals surface area contributed by atoms with E-state index in [-0.39, 0.29) is 11.9 Å². The van der Waals surface area contributed by atoms with Crippen LogP contribution in [-0.2, 0) is 9.53 Å². The molecule has 0 aromatic rings. The highest BCUT2D eigenvalue weighted by molar-refractivity contribution is 5.85. The summed E-state index contributed by atoms with van der Waals surface area (Å²) in [7, 11) is 1.80. The van der Waals surface area contributed by atoms with Gasteiger partial charge >= 0.3 is 0 Å². The van der Waals surface area contributed by atoms with Gasteiger partial charge in [0.05, 0.1) is 11.6 Å². The van der Waals surface area contributed by atoms with Gasteiger partial charge in [0.2, 0.25) is 5.91 Å². The molecule has 0 aromatic heterocycles. The Kier molecular flexibility index (Phi) is 5.63. The van der Waals surface area contributed by atoms with Crippen molar-refractivity contribution in [1.82, 2.24) is 10.2 Å². The van der Waals surface area contributed by atoms with Gasteiger partial charge in [0.15, 0.2) is 0 Å². The van der Waals surface area contributed by atoms with Crippen LogP contribution < -0.4 is 11.1 Å². The zero-order chi connectivity index (χ0) is 15.5. The summed E-state index contributed by atoms with van der Waals surface area (Å²) in [6.07, 6.45) is 6.54. The molecule has 2 atom stereocenters. The highest BCUT2D eigenvalue weighted by atomic mass is 16.5. The van der Waals surface area contributed by atoms with Crippen LogP contribution in [0, 0.1) is 0 Å². The van der Waals surface area contributed by atoms with Gasteiger partial charge in [-0.15, -0.1) is 0 Å². The molecule has 0 spiro atoms. The fraction of sp³-hybridized carbons (Fsp3) is 0.938. The van der Waals surface area contributed by atoms with E-state index in [1.54, 1.807) is 7.11 Å². The molecular formula is C16H31N3O2. The topological polar surface area (TPSA) is 67.6 Å². The number of nitrogens with zero attached hydrogens (tertiary/aromatic N) is 1. The third kappa shape index (κ3) is 3.96. The lowest BCUT2D eigenvalue weighted by atomic mass is 9.77. The Balaban J connectivity index is 2.00. The lowest BCUT2D eigenvalue weighted by Crippen LogP contribution is -2.62. The molecule has 2 unspecified atom stereocenters. The minimum Gasteiger partial charge on any atom is -0.381 e. The van der Waals surface area contributed by atoms with E-state index in [1.807, 2.05) is 0 Å². The summed E-state index contributed by atoms with van der Waals surface area (Å²) >= 11 is 0. The van der Waals surface area contributed by atoms with E-state index >= 15 is 0 Å². The minimum absolute atomic E-state index is 0.187. The van der Waals surface area contributed by atoms with Crippen molar-refractivity contribution < 1.29 is 9.53 Å². The summed E-state index contributed by atoms with van der Waals surface area (Å²) in [6, 6.07) is 0.741. The van der Waals surface area contributed by atoms with Crippen LogP contribution in [0.2, 0.25) is 0 Å². The first-order chi connectivity index (χ1) is 9.97. The fourth-order valence-corrected chi connectivity index (χ4v) is 4.01. The minimum atomic E-state index is -0.519. The van der Waals surface area contributed by atoms with Crippen molar-refractivity contribution in [3.05, 3.63) is 0 Å².